The first-order valence-electron chi connectivity index (χ1n) is 8.78. The molecule has 1 aromatic rings. The molecule has 0 saturated carbocycles. The summed E-state index contributed by atoms with van der Waals surface area (Å²) >= 11 is 0. The number of carbonyl (C=O) groups excluding carboxylic acids is 1. The van der Waals surface area contributed by atoms with Crippen molar-refractivity contribution in [3.8, 4) is 5.75 Å². The molecule has 0 N–H and O–H groups in total. The van der Waals surface area contributed by atoms with Crippen molar-refractivity contribution >= 4 is 5.97 Å². The molecule has 3 rings (SSSR count). The molecule has 0 radical (unpaired) electrons. The number of rotatable bonds is 4. The van der Waals surface area contributed by atoms with Crippen molar-refractivity contribution in [3.63, 3.8) is 0 Å². The number of ether oxygens (including phenoxy) is 2. The molecule has 23 heavy (non-hydrogen) atoms. The minimum atomic E-state index is -0.219. The van der Waals surface area contributed by atoms with Gasteiger partial charge in [0.15, 0.2) is 0 Å². The molecule has 0 aliphatic carbocycles. The van der Waals surface area contributed by atoms with Crippen LogP contribution in [0.3, 0.4) is 0 Å². The van der Waals surface area contributed by atoms with E-state index in [0.717, 1.165) is 5.75 Å². The van der Waals surface area contributed by atoms with E-state index in [0.29, 0.717) is 24.1 Å². The Morgan fingerprint density at radius 3 is 2.61 bits per heavy atom. The van der Waals surface area contributed by atoms with Crippen LogP contribution in [0.15, 0.2) is 24.3 Å². The minimum absolute atomic E-state index is 0.219. The van der Waals surface area contributed by atoms with Crippen LogP contribution in [0.5, 0.6) is 5.75 Å². The molecular weight excluding hydrogens is 290 g/mol. The van der Waals surface area contributed by atoms with E-state index in [1.807, 2.05) is 0 Å². The van der Waals surface area contributed by atoms with Crippen molar-refractivity contribution in [1.82, 2.24) is 0 Å². The van der Waals surface area contributed by atoms with Crippen LogP contribution in [0.4, 0.5) is 0 Å². The average molecular weight is 318 g/mol. The number of quaternary nitrogens is 1. The first-order valence-corrected chi connectivity index (χ1v) is 8.78. The zero-order valence-corrected chi connectivity index (χ0v) is 14.3. The quantitative estimate of drug-likeness (QED) is 0.631. The van der Waals surface area contributed by atoms with Gasteiger partial charge in [0, 0.05) is 12.3 Å². The van der Waals surface area contributed by atoms with Gasteiger partial charge in [-0.2, -0.15) is 0 Å². The number of methoxy groups -OCH3 is 1. The molecule has 4 heteroatoms. The van der Waals surface area contributed by atoms with Crippen LogP contribution in [0, 0.1) is 5.92 Å². The SMILES string of the molecule is COc1ccc(C(=O)OC[C@H]2CCC[N@+]3(C)CCCC[C@H]23)cc1. The average Bonchev–Trinajstić information content (AvgIpc) is 2.59. The van der Waals surface area contributed by atoms with E-state index >= 15 is 0 Å². The monoisotopic (exact) mass is 318 g/mol. The van der Waals surface area contributed by atoms with Crippen molar-refractivity contribution in [2.75, 3.05) is 33.9 Å². The smallest absolute Gasteiger partial charge is 0.338 e. The van der Waals surface area contributed by atoms with Gasteiger partial charge in [0.2, 0.25) is 0 Å². The predicted molar refractivity (Wildman–Crippen MR) is 89.6 cm³/mol. The lowest BCUT2D eigenvalue weighted by molar-refractivity contribution is -0.947. The van der Waals surface area contributed by atoms with Gasteiger partial charge in [0.25, 0.3) is 0 Å². The van der Waals surface area contributed by atoms with Gasteiger partial charge in [-0.15, -0.1) is 0 Å². The number of esters is 1. The number of hydrogen-bond acceptors (Lipinski definition) is 3. The summed E-state index contributed by atoms with van der Waals surface area (Å²) < 4.78 is 12.0. The predicted octanol–water partition coefficient (Wildman–Crippen LogP) is 3.26. The van der Waals surface area contributed by atoms with Gasteiger partial charge < -0.3 is 14.0 Å². The zero-order valence-electron chi connectivity index (χ0n) is 14.3. The first-order chi connectivity index (χ1) is 11.1. The molecule has 2 saturated heterocycles. The van der Waals surface area contributed by atoms with Gasteiger partial charge in [-0.3, -0.25) is 0 Å². The van der Waals surface area contributed by atoms with Crippen LogP contribution in [-0.2, 0) is 4.74 Å². The number of carbonyl (C=O) groups is 1. The maximum absolute atomic E-state index is 12.3. The molecule has 1 aromatic carbocycles. The van der Waals surface area contributed by atoms with Gasteiger partial charge in [0.05, 0.1) is 38.9 Å². The third-order valence-corrected chi connectivity index (χ3v) is 5.76. The van der Waals surface area contributed by atoms with Gasteiger partial charge in [-0.25, -0.2) is 4.79 Å². The fraction of sp³-hybridized carbons (Fsp3) is 0.632. The number of piperidine rings is 2. The van der Waals surface area contributed by atoms with E-state index in [4.69, 9.17) is 9.47 Å². The fourth-order valence-corrected chi connectivity index (χ4v) is 4.42. The first kappa shape index (κ1) is 16.3. The van der Waals surface area contributed by atoms with Crippen LogP contribution >= 0.6 is 0 Å². The van der Waals surface area contributed by atoms with E-state index in [-0.39, 0.29) is 5.97 Å². The Morgan fingerprint density at radius 2 is 1.87 bits per heavy atom. The van der Waals surface area contributed by atoms with Crippen LogP contribution in [0.1, 0.15) is 42.5 Å². The van der Waals surface area contributed by atoms with Gasteiger partial charge >= 0.3 is 5.97 Å². The molecule has 0 aromatic heterocycles. The van der Waals surface area contributed by atoms with Gasteiger partial charge in [-0.05, 0) is 49.9 Å². The summed E-state index contributed by atoms with van der Waals surface area (Å²) in [6.45, 7) is 3.13. The third-order valence-electron chi connectivity index (χ3n) is 5.76. The third kappa shape index (κ3) is 3.52. The van der Waals surface area contributed by atoms with Crippen LogP contribution in [0.2, 0.25) is 0 Å². The lowest BCUT2D eigenvalue weighted by Crippen LogP contribution is -2.61. The maximum atomic E-state index is 12.3. The second kappa shape index (κ2) is 6.91. The fourth-order valence-electron chi connectivity index (χ4n) is 4.42. The van der Waals surface area contributed by atoms with E-state index in [1.165, 1.54) is 49.7 Å². The van der Waals surface area contributed by atoms with E-state index in [2.05, 4.69) is 7.05 Å². The summed E-state index contributed by atoms with van der Waals surface area (Å²) in [6, 6.07) is 7.80. The van der Waals surface area contributed by atoms with E-state index < -0.39 is 0 Å². The van der Waals surface area contributed by atoms with Crippen molar-refractivity contribution in [3.05, 3.63) is 29.8 Å². The largest absolute Gasteiger partial charge is 0.497 e. The van der Waals surface area contributed by atoms with Gasteiger partial charge in [-0.1, -0.05) is 0 Å². The summed E-state index contributed by atoms with van der Waals surface area (Å²) in [5.74, 6) is 1.04. The molecule has 2 heterocycles. The zero-order chi connectivity index (χ0) is 16.3. The molecule has 0 spiro atoms. The Bertz CT molecular complexity index is 538. The Balaban J connectivity index is 1.59. The van der Waals surface area contributed by atoms with Gasteiger partial charge in [0.1, 0.15) is 12.4 Å². The summed E-state index contributed by atoms with van der Waals surface area (Å²) in [5, 5.41) is 0. The molecule has 3 atom stereocenters. The van der Waals surface area contributed by atoms with Crippen molar-refractivity contribution in [2.24, 2.45) is 5.92 Å². The highest BCUT2D eigenvalue weighted by Crippen LogP contribution is 2.36. The summed E-state index contributed by atoms with van der Waals surface area (Å²) in [6.07, 6.45) is 6.38. The Labute approximate surface area is 139 Å². The number of fused-ring (bicyclic) bond motifs is 1. The number of benzene rings is 1. The summed E-state index contributed by atoms with van der Waals surface area (Å²) in [5.41, 5.74) is 0.600. The molecule has 0 amide bonds. The summed E-state index contributed by atoms with van der Waals surface area (Å²) in [7, 11) is 4.01. The molecule has 2 fully saturated rings. The number of hydrogen-bond donors (Lipinski definition) is 0. The molecule has 0 bridgehead atoms. The van der Waals surface area contributed by atoms with Crippen molar-refractivity contribution < 1.29 is 18.8 Å². The molecule has 2 aliphatic rings. The highest BCUT2D eigenvalue weighted by Gasteiger charge is 2.43. The lowest BCUT2D eigenvalue weighted by atomic mass is 9.82. The van der Waals surface area contributed by atoms with Crippen molar-refractivity contribution in [2.45, 2.75) is 38.1 Å². The van der Waals surface area contributed by atoms with Crippen LogP contribution in [-0.4, -0.2) is 50.3 Å². The second-order valence-electron chi connectivity index (χ2n) is 7.22. The minimum Gasteiger partial charge on any atom is -0.497 e. The topological polar surface area (TPSA) is 35.5 Å². The molecular formula is C19H28NO3+. The van der Waals surface area contributed by atoms with E-state index in [1.54, 1.807) is 31.4 Å². The Hall–Kier alpha value is -1.55. The number of nitrogens with zero attached hydrogens (tertiary/aromatic N) is 1. The molecule has 126 valence electrons. The van der Waals surface area contributed by atoms with Crippen molar-refractivity contribution in [1.29, 1.82) is 0 Å². The Kier molecular flexibility index (Phi) is 4.90. The summed E-state index contributed by atoms with van der Waals surface area (Å²) in [4.78, 5) is 12.3. The standard InChI is InChI=1S/C19H28NO3/c1-20-12-4-3-7-18(20)16(6-5-13-20)14-23-19(21)15-8-10-17(22-2)11-9-15/h8-11,16,18H,3-7,12-14H2,1-2H3/q+1/t16-,18-,20+/m1/s1. The normalized spacial score (nSPS) is 30.3. The van der Waals surface area contributed by atoms with E-state index in [9.17, 15) is 4.79 Å². The van der Waals surface area contributed by atoms with Crippen LogP contribution < -0.4 is 4.74 Å². The lowest BCUT2D eigenvalue weighted by Gasteiger charge is -2.51. The molecule has 2 aliphatic heterocycles. The second-order valence-corrected chi connectivity index (χ2v) is 7.22. The maximum Gasteiger partial charge on any atom is 0.338 e. The Morgan fingerprint density at radius 1 is 1.13 bits per heavy atom. The highest BCUT2D eigenvalue weighted by atomic mass is 16.5. The molecule has 4 nitrogen and oxygen atoms in total. The van der Waals surface area contributed by atoms with Crippen LogP contribution in [0.25, 0.3) is 0 Å². The molecule has 0 unspecified atom stereocenters. The highest BCUT2D eigenvalue weighted by molar-refractivity contribution is 5.89.